The Bertz CT molecular complexity index is 701. The Labute approximate surface area is 286 Å². The predicted octanol–water partition coefficient (Wildman–Crippen LogP) is 12.6. The molecule has 0 heterocycles. The van der Waals surface area contributed by atoms with Gasteiger partial charge in [-0.1, -0.05) is 167 Å². The maximum Gasteiger partial charge on any atom is 0.306 e. The van der Waals surface area contributed by atoms with Crippen LogP contribution >= 0.6 is 0 Å². The van der Waals surface area contributed by atoms with Gasteiger partial charge in [0.15, 0.2) is 6.10 Å². The summed E-state index contributed by atoms with van der Waals surface area (Å²) in [6, 6.07) is 0. The highest BCUT2D eigenvalue weighted by atomic mass is 16.6. The Kier molecular flexibility index (Phi) is 36.5. The van der Waals surface area contributed by atoms with Crippen molar-refractivity contribution >= 4 is 11.9 Å². The summed E-state index contributed by atoms with van der Waals surface area (Å²) in [5.41, 5.74) is 0. The molecule has 0 radical (unpaired) electrons. The fourth-order valence-corrected chi connectivity index (χ4v) is 5.49. The lowest BCUT2D eigenvalue weighted by atomic mass is 10.1. The lowest BCUT2D eigenvalue weighted by Crippen LogP contribution is -2.30. The fraction of sp³-hybridized carbons (Fsp3) is 0.854. The van der Waals surface area contributed by atoms with Gasteiger partial charge in [0.05, 0.1) is 6.61 Å². The van der Waals surface area contributed by atoms with E-state index in [1.165, 1.54) is 109 Å². The third kappa shape index (κ3) is 35.2. The average molecular weight is 649 g/mol. The molecule has 0 aliphatic carbocycles. The molecule has 0 N–H and O–H groups in total. The van der Waals surface area contributed by atoms with Gasteiger partial charge in [0.2, 0.25) is 0 Å². The minimum Gasteiger partial charge on any atom is -0.462 e. The molecule has 46 heavy (non-hydrogen) atoms. The van der Waals surface area contributed by atoms with E-state index in [0.29, 0.717) is 19.4 Å². The van der Waals surface area contributed by atoms with E-state index in [9.17, 15) is 9.59 Å². The molecular weight excluding hydrogens is 572 g/mol. The molecule has 5 nitrogen and oxygen atoms in total. The third-order valence-electron chi connectivity index (χ3n) is 8.47. The highest BCUT2D eigenvalue weighted by Crippen LogP contribution is 2.13. The highest BCUT2D eigenvalue weighted by molar-refractivity contribution is 5.70. The van der Waals surface area contributed by atoms with E-state index < -0.39 is 6.10 Å². The molecule has 0 aliphatic heterocycles. The normalized spacial score (nSPS) is 12.3. The number of carbonyl (C=O) groups excluding carboxylic acids is 2. The van der Waals surface area contributed by atoms with E-state index in [2.05, 4.69) is 45.1 Å². The second-order valence-electron chi connectivity index (χ2n) is 13.2. The molecule has 0 bridgehead atoms. The monoisotopic (exact) mass is 649 g/mol. The number of hydrogen-bond acceptors (Lipinski definition) is 5. The minimum atomic E-state index is -0.528. The molecule has 0 rings (SSSR count). The first-order valence-corrected chi connectivity index (χ1v) is 19.9. The van der Waals surface area contributed by atoms with Gasteiger partial charge in [-0.2, -0.15) is 0 Å². The SMILES string of the molecule is CCC/C=C\C/C=C\CCCCCCCC(=O)OCC(COCCCCCCCC)OC(=O)CCCCCCCCCCCCC. The van der Waals surface area contributed by atoms with Crippen molar-refractivity contribution in [2.24, 2.45) is 0 Å². The van der Waals surface area contributed by atoms with Crippen molar-refractivity contribution in [2.75, 3.05) is 19.8 Å². The molecule has 0 aliphatic rings. The highest BCUT2D eigenvalue weighted by Gasteiger charge is 2.17. The van der Waals surface area contributed by atoms with Gasteiger partial charge in [-0.3, -0.25) is 9.59 Å². The first kappa shape index (κ1) is 44.4. The van der Waals surface area contributed by atoms with Crippen LogP contribution in [0.5, 0.6) is 0 Å². The van der Waals surface area contributed by atoms with Crippen molar-refractivity contribution < 1.29 is 23.8 Å². The van der Waals surface area contributed by atoms with Gasteiger partial charge < -0.3 is 14.2 Å². The summed E-state index contributed by atoms with van der Waals surface area (Å²) < 4.78 is 17.1. The number of unbranched alkanes of at least 4 members (excludes halogenated alkanes) is 21. The molecular formula is C41H76O5. The first-order valence-electron chi connectivity index (χ1n) is 19.9. The van der Waals surface area contributed by atoms with Crippen molar-refractivity contribution in [3.05, 3.63) is 24.3 Å². The van der Waals surface area contributed by atoms with Crippen molar-refractivity contribution in [3.8, 4) is 0 Å². The van der Waals surface area contributed by atoms with Crippen molar-refractivity contribution in [1.29, 1.82) is 0 Å². The smallest absolute Gasteiger partial charge is 0.306 e. The summed E-state index contributed by atoms with van der Waals surface area (Å²) in [6.07, 6.45) is 40.3. The zero-order chi connectivity index (χ0) is 33.6. The molecule has 0 aromatic carbocycles. The van der Waals surface area contributed by atoms with E-state index in [0.717, 1.165) is 57.8 Å². The van der Waals surface area contributed by atoms with E-state index in [1.54, 1.807) is 0 Å². The van der Waals surface area contributed by atoms with Crippen LogP contribution in [0.4, 0.5) is 0 Å². The first-order chi connectivity index (χ1) is 22.6. The Hall–Kier alpha value is -1.62. The van der Waals surface area contributed by atoms with Gasteiger partial charge in [0, 0.05) is 19.4 Å². The van der Waals surface area contributed by atoms with E-state index in [-0.39, 0.29) is 25.2 Å². The molecule has 0 aromatic rings. The third-order valence-corrected chi connectivity index (χ3v) is 8.47. The Balaban J connectivity index is 4.17. The van der Waals surface area contributed by atoms with Gasteiger partial charge in [-0.25, -0.2) is 0 Å². The Morgan fingerprint density at radius 2 is 0.957 bits per heavy atom. The molecule has 0 amide bonds. The van der Waals surface area contributed by atoms with Crippen LogP contribution in [-0.4, -0.2) is 37.9 Å². The summed E-state index contributed by atoms with van der Waals surface area (Å²) in [5.74, 6) is -0.413. The largest absolute Gasteiger partial charge is 0.462 e. The van der Waals surface area contributed by atoms with Crippen LogP contribution in [0.2, 0.25) is 0 Å². The quantitative estimate of drug-likeness (QED) is 0.0384. The fourth-order valence-electron chi connectivity index (χ4n) is 5.49. The van der Waals surface area contributed by atoms with Crippen LogP contribution < -0.4 is 0 Å². The lowest BCUT2D eigenvalue weighted by Gasteiger charge is -2.18. The molecule has 0 saturated carbocycles. The number of hydrogen-bond donors (Lipinski definition) is 0. The second-order valence-corrected chi connectivity index (χ2v) is 13.2. The van der Waals surface area contributed by atoms with Crippen LogP contribution in [0.1, 0.15) is 201 Å². The molecule has 0 saturated heterocycles. The van der Waals surface area contributed by atoms with E-state index in [1.807, 2.05) is 0 Å². The second kappa shape index (κ2) is 37.8. The van der Waals surface area contributed by atoms with E-state index >= 15 is 0 Å². The van der Waals surface area contributed by atoms with E-state index in [4.69, 9.17) is 14.2 Å². The van der Waals surface area contributed by atoms with Crippen molar-refractivity contribution in [2.45, 2.75) is 207 Å². The lowest BCUT2D eigenvalue weighted by molar-refractivity contribution is -0.163. The van der Waals surface area contributed by atoms with Crippen molar-refractivity contribution in [1.82, 2.24) is 0 Å². The van der Waals surface area contributed by atoms with Gasteiger partial charge in [-0.15, -0.1) is 0 Å². The summed E-state index contributed by atoms with van der Waals surface area (Å²) in [4.78, 5) is 25.0. The molecule has 0 spiro atoms. The predicted molar refractivity (Wildman–Crippen MR) is 196 cm³/mol. The number of carbonyl (C=O) groups is 2. The van der Waals surface area contributed by atoms with Crippen molar-refractivity contribution in [3.63, 3.8) is 0 Å². The molecule has 5 heteroatoms. The average Bonchev–Trinajstić information content (AvgIpc) is 3.05. The number of allylic oxidation sites excluding steroid dienone is 4. The maximum atomic E-state index is 12.6. The standard InChI is InChI=1S/C41H76O5/c1-4-7-10-13-16-18-20-21-23-24-26-28-31-34-40(42)45-38-39(37-44-36-33-30-15-12-9-6-3)46-41(43)35-32-29-27-25-22-19-17-14-11-8-5-2/h10,13,18,20,39H,4-9,11-12,14-17,19,21-38H2,1-3H3/b13-10-,20-18-. The zero-order valence-corrected chi connectivity index (χ0v) is 30.8. The Morgan fingerprint density at radius 3 is 1.52 bits per heavy atom. The Morgan fingerprint density at radius 1 is 0.478 bits per heavy atom. The van der Waals surface area contributed by atoms with Gasteiger partial charge in [0.25, 0.3) is 0 Å². The molecule has 1 unspecified atom stereocenters. The van der Waals surface area contributed by atoms with Crippen LogP contribution in [-0.2, 0) is 23.8 Å². The van der Waals surface area contributed by atoms with Gasteiger partial charge in [0.1, 0.15) is 6.61 Å². The topological polar surface area (TPSA) is 61.8 Å². The van der Waals surface area contributed by atoms with Gasteiger partial charge in [-0.05, 0) is 44.9 Å². The van der Waals surface area contributed by atoms with Crippen LogP contribution in [0.25, 0.3) is 0 Å². The summed E-state index contributed by atoms with van der Waals surface area (Å²) in [7, 11) is 0. The summed E-state index contributed by atoms with van der Waals surface area (Å²) in [6.45, 7) is 7.71. The van der Waals surface area contributed by atoms with Crippen LogP contribution in [0.3, 0.4) is 0 Å². The minimum absolute atomic E-state index is 0.0826. The zero-order valence-electron chi connectivity index (χ0n) is 30.8. The van der Waals surface area contributed by atoms with Crippen LogP contribution in [0, 0.1) is 0 Å². The van der Waals surface area contributed by atoms with Gasteiger partial charge >= 0.3 is 11.9 Å². The molecule has 270 valence electrons. The summed E-state index contributed by atoms with van der Waals surface area (Å²) in [5, 5.41) is 0. The number of ether oxygens (including phenoxy) is 3. The molecule has 0 aromatic heterocycles. The maximum absolute atomic E-state index is 12.6. The number of esters is 2. The summed E-state index contributed by atoms with van der Waals surface area (Å²) >= 11 is 0. The number of rotatable bonds is 36. The van der Waals surface area contributed by atoms with Crippen LogP contribution in [0.15, 0.2) is 24.3 Å². The molecule has 0 fully saturated rings. The molecule has 1 atom stereocenters.